The molecule has 1 aromatic rings. The van der Waals surface area contributed by atoms with Gasteiger partial charge in [0.25, 0.3) is 0 Å². The summed E-state index contributed by atoms with van der Waals surface area (Å²) in [5.41, 5.74) is 0.795. The van der Waals surface area contributed by atoms with Gasteiger partial charge in [0, 0.05) is 4.90 Å². The lowest BCUT2D eigenvalue weighted by Gasteiger charge is -2.23. The second kappa shape index (κ2) is 5.73. The summed E-state index contributed by atoms with van der Waals surface area (Å²) in [7, 11) is 0. The van der Waals surface area contributed by atoms with Crippen LogP contribution in [0.15, 0.2) is 41.8 Å². The number of hydrogen-bond donors (Lipinski definition) is 1. The van der Waals surface area contributed by atoms with Crippen LogP contribution in [0.3, 0.4) is 0 Å². The second-order valence-corrected chi connectivity index (χ2v) is 5.01. The van der Waals surface area contributed by atoms with E-state index < -0.39 is 5.25 Å². The summed E-state index contributed by atoms with van der Waals surface area (Å²) in [5, 5.41) is 2.35. The van der Waals surface area contributed by atoms with Crippen LogP contribution in [0.5, 0.6) is 0 Å². The summed E-state index contributed by atoms with van der Waals surface area (Å²) in [6, 6.07) is 7.52. The quantitative estimate of drug-likeness (QED) is 0.668. The van der Waals surface area contributed by atoms with Gasteiger partial charge < -0.3 is 10.1 Å². The second-order valence-electron chi connectivity index (χ2n) is 3.77. The van der Waals surface area contributed by atoms with Crippen LogP contribution in [-0.4, -0.2) is 23.7 Å². The lowest BCUT2D eigenvalue weighted by molar-refractivity contribution is -0.143. The van der Waals surface area contributed by atoms with Crippen molar-refractivity contribution in [1.29, 1.82) is 0 Å². The van der Waals surface area contributed by atoms with E-state index >= 15 is 0 Å². The summed E-state index contributed by atoms with van der Waals surface area (Å²) in [5.74, 6) is -0.545. The Bertz CT molecular complexity index is 487. The number of fused-ring (bicyclic) bond motifs is 1. The molecule has 1 aromatic carbocycles. The van der Waals surface area contributed by atoms with E-state index in [9.17, 15) is 9.59 Å². The predicted molar refractivity (Wildman–Crippen MR) is 70.5 cm³/mol. The number of carbonyl (C=O) groups is 2. The van der Waals surface area contributed by atoms with Crippen LogP contribution in [0, 0.1) is 0 Å². The van der Waals surface area contributed by atoms with E-state index in [1.165, 1.54) is 17.8 Å². The Morgan fingerprint density at radius 1 is 1.50 bits per heavy atom. The molecule has 4 nitrogen and oxygen atoms in total. The molecule has 94 valence electrons. The number of thioether (sulfide) groups is 1. The van der Waals surface area contributed by atoms with Gasteiger partial charge in [-0.25, -0.2) is 0 Å². The van der Waals surface area contributed by atoms with E-state index in [1.807, 2.05) is 24.3 Å². The highest BCUT2D eigenvalue weighted by Gasteiger charge is 2.29. The fourth-order valence-corrected chi connectivity index (χ4v) is 2.68. The topological polar surface area (TPSA) is 55.4 Å². The van der Waals surface area contributed by atoms with Crippen LogP contribution in [0.4, 0.5) is 5.69 Å². The lowest BCUT2D eigenvalue weighted by Crippen LogP contribution is -2.31. The van der Waals surface area contributed by atoms with Crippen molar-refractivity contribution in [2.75, 3.05) is 11.9 Å². The van der Waals surface area contributed by atoms with Crippen molar-refractivity contribution < 1.29 is 14.3 Å². The molecular weight excluding hydrogens is 250 g/mol. The van der Waals surface area contributed by atoms with Gasteiger partial charge in [-0.2, -0.15) is 0 Å². The van der Waals surface area contributed by atoms with E-state index in [1.54, 1.807) is 0 Å². The Hall–Kier alpha value is -1.75. The molecule has 1 N–H and O–H groups in total. The average molecular weight is 263 g/mol. The number of hydrogen-bond acceptors (Lipinski definition) is 4. The highest BCUT2D eigenvalue weighted by atomic mass is 32.2. The summed E-state index contributed by atoms with van der Waals surface area (Å²) < 4.78 is 4.88. The van der Waals surface area contributed by atoms with Crippen LogP contribution < -0.4 is 5.32 Å². The first-order valence-corrected chi connectivity index (χ1v) is 6.41. The molecule has 0 aromatic heterocycles. The smallest absolute Gasteiger partial charge is 0.307 e. The zero-order chi connectivity index (χ0) is 13.0. The van der Waals surface area contributed by atoms with Crippen molar-refractivity contribution in [2.24, 2.45) is 0 Å². The number of carbonyl (C=O) groups excluding carboxylic acids is 2. The van der Waals surface area contributed by atoms with E-state index in [0.29, 0.717) is 0 Å². The Labute approximate surface area is 109 Å². The molecule has 0 spiro atoms. The SMILES string of the molecule is C=CCOC(=O)CC1Sc2ccccc2NC1=O. The third kappa shape index (κ3) is 2.92. The first-order valence-electron chi connectivity index (χ1n) is 5.54. The van der Waals surface area contributed by atoms with Gasteiger partial charge in [0.15, 0.2) is 0 Å². The minimum atomic E-state index is -0.433. The number of para-hydroxylation sites is 1. The van der Waals surface area contributed by atoms with Gasteiger partial charge in [0.05, 0.1) is 17.4 Å². The Balaban J connectivity index is 2.01. The normalized spacial score (nSPS) is 17.6. The van der Waals surface area contributed by atoms with Gasteiger partial charge in [-0.15, -0.1) is 11.8 Å². The maximum atomic E-state index is 11.8. The van der Waals surface area contributed by atoms with Gasteiger partial charge in [-0.3, -0.25) is 9.59 Å². The Morgan fingerprint density at radius 2 is 2.28 bits per heavy atom. The summed E-state index contributed by atoms with van der Waals surface area (Å²) >= 11 is 1.39. The fraction of sp³-hybridized carbons (Fsp3) is 0.231. The van der Waals surface area contributed by atoms with E-state index in [0.717, 1.165) is 10.6 Å². The minimum absolute atomic E-state index is 0.0681. The maximum Gasteiger partial charge on any atom is 0.307 e. The summed E-state index contributed by atoms with van der Waals surface area (Å²) in [4.78, 5) is 24.2. The molecule has 18 heavy (non-hydrogen) atoms. The van der Waals surface area contributed by atoms with Gasteiger partial charge in [-0.05, 0) is 12.1 Å². The number of ether oxygens (including phenoxy) is 1. The van der Waals surface area contributed by atoms with Crippen molar-refractivity contribution in [2.45, 2.75) is 16.6 Å². The van der Waals surface area contributed by atoms with Crippen molar-refractivity contribution in [3.63, 3.8) is 0 Å². The molecule has 0 saturated heterocycles. The number of anilines is 1. The number of nitrogens with one attached hydrogen (secondary N) is 1. The van der Waals surface area contributed by atoms with Crippen LogP contribution in [0.1, 0.15) is 6.42 Å². The fourth-order valence-electron chi connectivity index (χ4n) is 1.59. The molecule has 0 bridgehead atoms. The molecule has 1 unspecified atom stereocenters. The van der Waals surface area contributed by atoms with Crippen LogP contribution in [-0.2, 0) is 14.3 Å². The summed E-state index contributed by atoms with van der Waals surface area (Å²) in [6.45, 7) is 3.64. The first-order chi connectivity index (χ1) is 8.70. The summed E-state index contributed by atoms with van der Waals surface area (Å²) in [6.07, 6.45) is 1.57. The monoisotopic (exact) mass is 263 g/mol. The lowest BCUT2D eigenvalue weighted by atomic mass is 10.2. The number of benzene rings is 1. The molecule has 1 heterocycles. The van der Waals surface area contributed by atoms with Gasteiger partial charge >= 0.3 is 5.97 Å². The van der Waals surface area contributed by atoms with E-state index in [-0.39, 0.29) is 24.9 Å². The molecule has 2 rings (SSSR count). The standard InChI is InChI=1S/C13H13NO3S/c1-2-7-17-12(15)8-11-13(16)14-9-5-3-4-6-10(9)18-11/h2-6,11H,1,7-8H2,(H,14,16). The van der Waals surface area contributed by atoms with Crippen LogP contribution in [0.2, 0.25) is 0 Å². The third-order valence-electron chi connectivity index (χ3n) is 2.42. The third-order valence-corrected chi connectivity index (χ3v) is 3.70. The number of esters is 1. The maximum absolute atomic E-state index is 11.8. The highest BCUT2D eigenvalue weighted by molar-refractivity contribution is 8.01. The Kier molecular flexibility index (Phi) is 4.04. The van der Waals surface area contributed by atoms with Crippen LogP contribution >= 0.6 is 11.8 Å². The molecule has 0 saturated carbocycles. The molecule has 1 atom stereocenters. The average Bonchev–Trinajstić information content (AvgIpc) is 2.37. The number of amides is 1. The zero-order valence-electron chi connectivity index (χ0n) is 9.72. The molecular formula is C13H13NO3S. The molecule has 0 fully saturated rings. The van der Waals surface area contributed by atoms with E-state index in [2.05, 4.69) is 11.9 Å². The number of rotatable bonds is 4. The molecule has 1 aliphatic heterocycles. The first kappa shape index (κ1) is 12.7. The predicted octanol–water partition coefficient (Wildman–Crippen LogP) is 2.22. The van der Waals surface area contributed by atoms with Crippen molar-refractivity contribution in [3.8, 4) is 0 Å². The molecule has 1 aliphatic rings. The Morgan fingerprint density at radius 3 is 3.06 bits per heavy atom. The molecule has 0 radical (unpaired) electrons. The van der Waals surface area contributed by atoms with Crippen molar-refractivity contribution >= 4 is 29.3 Å². The van der Waals surface area contributed by atoms with Crippen LogP contribution in [0.25, 0.3) is 0 Å². The highest BCUT2D eigenvalue weighted by Crippen LogP contribution is 2.36. The van der Waals surface area contributed by atoms with Crippen molar-refractivity contribution in [1.82, 2.24) is 0 Å². The zero-order valence-corrected chi connectivity index (χ0v) is 10.5. The van der Waals surface area contributed by atoms with Gasteiger partial charge in [-0.1, -0.05) is 24.8 Å². The van der Waals surface area contributed by atoms with Gasteiger partial charge in [0.1, 0.15) is 6.61 Å². The van der Waals surface area contributed by atoms with E-state index in [4.69, 9.17) is 4.74 Å². The molecule has 5 heteroatoms. The van der Waals surface area contributed by atoms with Gasteiger partial charge in [0.2, 0.25) is 5.91 Å². The minimum Gasteiger partial charge on any atom is -0.461 e. The van der Waals surface area contributed by atoms with Crippen molar-refractivity contribution in [3.05, 3.63) is 36.9 Å². The molecule has 0 aliphatic carbocycles. The molecule has 1 amide bonds. The largest absolute Gasteiger partial charge is 0.461 e.